The van der Waals surface area contributed by atoms with E-state index in [0.29, 0.717) is 5.02 Å². The Morgan fingerprint density at radius 1 is 1.40 bits per heavy atom. The highest BCUT2D eigenvalue weighted by Gasteiger charge is 2.27. The van der Waals surface area contributed by atoms with Gasteiger partial charge in [-0.2, -0.15) is 4.98 Å². The van der Waals surface area contributed by atoms with Gasteiger partial charge in [0.1, 0.15) is 5.82 Å². The Kier molecular flexibility index (Phi) is 5.36. The van der Waals surface area contributed by atoms with Gasteiger partial charge in [-0.25, -0.2) is 4.79 Å². The fraction of sp³-hybridized carbons (Fsp3) is 0.267. The Morgan fingerprint density at radius 3 is 2.84 bits per heavy atom. The van der Waals surface area contributed by atoms with Crippen LogP contribution in [-0.2, 0) is 9.47 Å². The fourth-order valence-electron chi connectivity index (χ4n) is 2.24. The first-order chi connectivity index (χ1) is 12.0. The van der Waals surface area contributed by atoms with Crippen molar-refractivity contribution in [2.24, 2.45) is 0 Å². The molecule has 0 bridgehead atoms. The minimum absolute atomic E-state index is 0.0647. The zero-order valence-corrected chi connectivity index (χ0v) is 14.2. The lowest BCUT2D eigenvalue weighted by atomic mass is 10.2. The van der Waals surface area contributed by atoms with Crippen LogP contribution in [0.2, 0.25) is 10.0 Å². The number of hydrogen-bond acceptors (Lipinski definition) is 6. The summed E-state index contributed by atoms with van der Waals surface area (Å²) in [5, 5.41) is 12.1. The Morgan fingerprint density at radius 2 is 2.20 bits per heavy atom. The quantitative estimate of drug-likeness (QED) is 0.829. The molecular weight excluding hydrogens is 373 g/mol. The molecule has 0 radical (unpaired) electrons. The lowest BCUT2D eigenvalue weighted by molar-refractivity contribution is -0.0992. The van der Waals surface area contributed by atoms with Crippen LogP contribution in [0, 0.1) is 0 Å². The molecule has 2 N–H and O–H groups in total. The number of nitrogens with zero attached hydrogens (tertiary/aromatic N) is 2. The van der Waals surface area contributed by atoms with Crippen LogP contribution in [0.1, 0.15) is 16.6 Å². The summed E-state index contributed by atoms with van der Waals surface area (Å²) in [6, 6.07) is 5.89. The van der Waals surface area contributed by atoms with Crippen LogP contribution in [0.4, 0.5) is 5.82 Å². The minimum Gasteiger partial charge on any atom is -0.391 e. The maximum atomic E-state index is 12.2. The van der Waals surface area contributed by atoms with Gasteiger partial charge in [0, 0.05) is 11.2 Å². The molecule has 1 aliphatic heterocycles. The second-order valence-electron chi connectivity index (χ2n) is 5.12. The first kappa shape index (κ1) is 17.8. The molecule has 132 valence electrons. The monoisotopic (exact) mass is 385 g/mol. The summed E-state index contributed by atoms with van der Waals surface area (Å²) >= 11 is 11.8. The van der Waals surface area contributed by atoms with E-state index in [4.69, 9.17) is 37.8 Å². The van der Waals surface area contributed by atoms with Crippen molar-refractivity contribution >= 4 is 34.9 Å². The second-order valence-corrected chi connectivity index (χ2v) is 5.96. The largest absolute Gasteiger partial charge is 0.391 e. The van der Waals surface area contributed by atoms with Gasteiger partial charge in [-0.1, -0.05) is 23.2 Å². The number of anilines is 1. The molecule has 1 aromatic carbocycles. The van der Waals surface area contributed by atoms with Crippen molar-refractivity contribution in [3.8, 4) is 0 Å². The molecule has 1 fully saturated rings. The summed E-state index contributed by atoms with van der Waals surface area (Å²) in [6.07, 6.45) is -0.0432. The number of carbonyl (C=O) groups is 1. The number of halogens is 2. The van der Waals surface area contributed by atoms with Crippen LogP contribution < -0.4 is 11.0 Å². The minimum atomic E-state index is -0.775. The van der Waals surface area contributed by atoms with Gasteiger partial charge < -0.3 is 19.9 Å². The lowest BCUT2D eigenvalue weighted by Gasteiger charge is -2.13. The van der Waals surface area contributed by atoms with E-state index in [-0.39, 0.29) is 29.6 Å². The van der Waals surface area contributed by atoms with Crippen LogP contribution >= 0.6 is 23.2 Å². The molecule has 2 heterocycles. The highest BCUT2D eigenvalue weighted by molar-refractivity contribution is 6.37. The average molecular weight is 386 g/mol. The zero-order valence-electron chi connectivity index (χ0n) is 12.7. The van der Waals surface area contributed by atoms with E-state index in [0.717, 1.165) is 0 Å². The summed E-state index contributed by atoms with van der Waals surface area (Å²) in [7, 11) is 0. The average Bonchev–Trinajstić information content (AvgIpc) is 3.03. The molecule has 0 spiro atoms. The van der Waals surface area contributed by atoms with Gasteiger partial charge in [0.2, 0.25) is 0 Å². The predicted octanol–water partition coefficient (Wildman–Crippen LogP) is 1.67. The number of aliphatic hydroxyl groups is 1. The molecule has 1 saturated heterocycles. The van der Waals surface area contributed by atoms with E-state index in [1.807, 2.05) is 0 Å². The molecule has 0 aliphatic carbocycles. The normalized spacial score (nSPS) is 19.8. The SMILES string of the molecule is O=C(Nc1ccn([C@@H]2CO[C@H](CO)O2)c(=O)n1)c1ccc(Cl)cc1Cl. The van der Waals surface area contributed by atoms with Gasteiger partial charge in [-0.05, 0) is 24.3 Å². The lowest BCUT2D eigenvalue weighted by Crippen LogP contribution is -2.29. The Balaban J connectivity index is 1.75. The fourth-order valence-corrected chi connectivity index (χ4v) is 2.74. The molecule has 0 unspecified atom stereocenters. The number of aliphatic hydroxyl groups excluding tert-OH is 1. The van der Waals surface area contributed by atoms with E-state index in [1.165, 1.54) is 35.0 Å². The molecule has 0 saturated carbocycles. The molecule has 10 heteroatoms. The maximum Gasteiger partial charge on any atom is 0.351 e. The first-order valence-corrected chi connectivity index (χ1v) is 7.97. The van der Waals surface area contributed by atoms with Gasteiger partial charge >= 0.3 is 5.69 Å². The van der Waals surface area contributed by atoms with Crippen LogP contribution in [0.5, 0.6) is 0 Å². The van der Waals surface area contributed by atoms with Crippen LogP contribution in [0.15, 0.2) is 35.3 Å². The topological polar surface area (TPSA) is 103 Å². The Bertz CT molecular complexity index is 857. The van der Waals surface area contributed by atoms with Crippen molar-refractivity contribution in [1.29, 1.82) is 0 Å². The third-order valence-electron chi connectivity index (χ3n) is 3.44. The van der Waals surface area contributed by atoms with Crippen molar-refractivity contribution in [3.63, 3.8) is 0 Å². The number of hydrogen-bond donors (Lipinski definition) is 2. The third-order valence-corrected chi connectivity index (χ3v) is 3.99. The number of aromatic nitrogens is 2. The summed E-state index contributed by atoms with van der Waals surface area (Å²) in [4.78, 5) is 28.1. The molecule has 25 heavy (non-hydrogen) atoms. The van der Waals surface area contributed by atoms with Gasteiger partial charge in [0.25, 0.3) is 5.91 Å². The van der Waals surface area contributed by atoms with Crippen LogP contribution in [-0.4, -0.2) is 40.1 Å². The van der Waals surface area contributed by atoms with Gasteiger partial charge in [0.05, 0.1) is 23.8 Å². The second kappa shape index (κ2) is 7.51. The van der Waals surface area contributed by atoms with Gasteiger partial charge in [-0.15, -0.1) is 0 Å². The van der Waals surface area contributed by atoms with E-state index in [1.54, 1.807) is 0 Å². The summed E-state index contributed by atoms with van der Waals surface area (Å²) in [5.74, 6) is -0.456. The molecule has 1 amide bonds. The zero-order chi connectivity index (χ0) is 18.0. The van der Waals surface area contributed by atoms with Gasteiger partial charge in [0.15, 0.2) is 12.5 Å². The van der Waals surface area contributed by atoms with Crippen molar-refractivity contribution in [2.45, 2.75) is 12.5 Å². The number of benzene rings is 1. The molecule has 1 aromatic heterocycles. The standard InChI is InChI=1S/C15H13Cl2N3O5/c16-8-1-2-9(10(17)5-8)14(22)18-11-3-4-20(15(23)19-11)12-7-24-13(6-21)25-12/h1-5,12-13,21H,6-7H2,(H,18,19,22,23)/t12-,13-/m0/s1. The Labute approximate surface area is 151 Å². The van der Waals surface area contributed by atoms with Crippen molar-refractivity contribution in [1.82, 2.24) is 9.55 Å². The number of carbonyl (C=O) groups excluding carboxylic acids is 1. The van der Waals surface area contributed by atoms with Gasteiger partial charge in [-0.3, -0.25) is 9.36 Å². The maximum absolute atomic E-state index is 12.2. The molecule has 3 rings (SSSR count). The number of amides is 1. The molecule has 8 nitrogen and oxygen atoms in total. The van der Waals surface area contributed by atoms with Crippen LogP contribution in [0.25, 0.3) is 0 Å². The van der Waals surface area contributed by atoms with Crippen LogP contribution in [0.3, 0.4) is 0 Å². The third kappa shape index (κ3) is 4.00. The molecule has 2 atom stereocenters. The summed E-state index contributed by atoms with van der Waals surface area (Å²) in [6.45, 7) is -0.201. The van der Waals surface area contributed by atoms with Crippen molar-refractivity contribution in [2.75, 3.05) is 18.5 Å². The number of nitrogens with one attached hydrogen (secondary N) is 1. The van der Waals surface area contributed by atoms with E-state index in [9.17, 15) is 9.59 Å². The van der Waals surface area contributed by atoms with E-state index < -0.39 is 24.1 Å². The summed E-state index contributed by atoms with van der Waals surface area (Å²) < 4.78 is 11.7. The highest BCUT2D eigenvalue weighted by Crippen LogP contribution is 2.22. The van der Waals surface area contributed by atoms with Crippen molar-refractivity contribution in [3.05, 3.63) is 56.6 Å². The first-order valence-electron chi connectivity index (χ1n) is 7.21. The van der Waals surface area contributed by atoms with E-state index >= 15 is 0 Å². The Hall–Kier alpha value is -1.97. The molecule has 2 aromatic rings. The molecule has 1 aliphatic rings. The highest BCUT2D eigenvalue weighted by atomic mass is 35.5. The molecular formula is C15H13Cl2N3O5. The van der Waals surface area contributed by atoms with Crippen molar-refractivity contribution < 1.29 is 19.4 Å². The number of ether oxygens (including phenoxy) is 2. The van der Waals surface area contributed by atoms with E-state index in [2.05, 4.69) is 10.3 Å². The number of rotatable bonds is 4. The smallest absolute Gasteiger partial charge is 0.351 e. The summed E-state index contributed by atoms with van der Waals surface area (Å²) in [5.41, 5.74) is -0.428. The predicted molar refractivity (Wildman–Crippen MR) is 89.9 cm³/mol.